The van der Waals surface area contributed by atoms with Crippen LogP contribution in [0.4, 0.5) is 0 Å². The quantitative estimate of drug-likeness (QED) is 0.625. The highest BCUT2D eigenvalue weighted by atomic mass is 16.5. The molecule has 1 aromatic carbocycles. The average molecular weight is 290 g/mol. The molecule has 2 rings (SSSR count). The van der Waals surface area contributed by atoms with Crippen molar-refractivity contribution in [2.45, 2.75) is 25.7 Å². The van der Waals surface area contributed by atoms with Gasteiger partial charge in [-0.3, -0.25) is 14.4 Å². The van der Waals surface area contributed by atoms with E-state index in [0.29, 0.717) is 5.75 Å². The zero-order valence-electron chi connectivity index (χ0n) is 12.1. The van der Waals surface area contributed by atoms with Gasteiger partial charge in [-0.15, -0.1) is 0 Å². The maximum Gasteiger partial charge on any atom is 0.317 e. The predicted molar refractivity (Wildman–Crippen MR) is 75.1 cm³/mol. The van der Waals surface area contributed by atoms with Gasteiger partial charge in [0.15, 0.2) is 5.78 Å². The summed E-state index contributed by atoms with van der Waals surface area (Å²) in [5, 5.41) is 0. The SMILES string of the molecule is CCOC(=O)[C@H]1C(=O)CC(=O)C[C@H]1c1ccc(OC)cc1. The van der Waals surface area contributed by atoms with Crippen LogP contribution in [0.15, 0.2) is 24.3 Å². The van der Waals surface area contributed by atoms with Crippen LogP contribution in [0.3, 0.4) is 0 Å². The van der Waals surface area contributed by atoms with Crippen molar-refractivity contribution in [3.8, 4) is 5.75 Å². The average Bonchev–Trinajstić information content (AvgIpc) is 2.46. The number of hydrogen-bond acceptors (Lipinski definition) is 5. The second-order valence-corrected chi connectivity index (χ2v) is 5.00. The van der Waals surface area contributed by atoms with Crippen LogP contribution in [0.25, 0.3) is 0 Å². The van der Waals surface area contributed by atoms with Crippen molar-refractivity contribution in [3.05, 3.63) is 29.8 Å². The predicted octanol–water partition coefficient (Wildman–Crippen LogP) is 1.89. The largest absolute Gasteiger partial charge is 0.497 e. The minimum absolute atomic E-state index is 0.138. The molecule has 112 valence electrons. The molecule has 1 aliphatic carbocycles. The van der Waals surface area contributed by atoms with E-state index in [2.05, 4.69) is 0 Å². The van der Waals surface area contributed by atoms with Gasteiger partial charge in [0.25, 0.3) is 0 Å². The third-order valence-electron chi connectivity index (χ3n) is 3.65. The molecule has 2 atom stereocenters. The summed E-state index contributed by atoms with van der Waals surface area (Å²) in [5.74, 6) is -1.71. The second-order valence-electron chi connectivity index (χ2n) is 5.00. The van der Waals surface area contributed by atoms with Gasteiger partial charge < -0.3 is 9.47 Å². The van der Waals surface area contributed by atoms with E-state index >= 15 is 0 Å². The lowest BCUT2D eigenvalue weighted by molar-refractivity contribution is -0.154. The van der Waals surface area contributed by atoms with Gasteiger partial charge in [-0.05, 0) is 24.6 Å². The molecule has 1 fully saturated rings. The molecule has 0 unspecified atom stereocenters. The zero-order valence-corrected chi connectivity index (χ0v) is 12.1. The molecule has 0 N–H and O–H groups in total. The van der Waals surface area contributed by atoms with E-state index in [4.69, 9.17) is 9.47 Å². The number of ketones is 2. The maximum absolute atomic E-state index is 12.1. The van der Waals surface area contributed by atoms with Crippen molar-refractivity contribution in [3.63, 3.8) is 0 Å². The van der Waals surface area contributed by atoms with Crippen molar-refractivity contribution in [2.24, 2.45) is 5.92 Å². The lowest BCUT2D eigenvalue weighted by Crippen LogP contribution is -2.38. The van der Waals surface area contributed by atoms with Crippen molar-refractivity contribution in [1.29, 1.82) is 0 Å². The van der Waals surface area contributed by atoms with Crippen LogP contribution < -0.4 is 4.74 Å². The number of hydrogen-bond donors (Lipinski definition) is 0. The zero-order chi connectivity index (χ0) is 15.4. The molecule has 0 amide bonds. The monoisotopic (exact) mass is 290 g/mol. The molecule has 5 nitrogen and oxygen atoms in total. The first-order chi connectivity index (χ1) is 10.1. The van der Waals surface area contributed by atoms with E-state index in [9.17, 15) is 14.4 Å². The summed E-state index contributed by atoms with van der Waals surface area (Å²) in [6.07, 6.45) is -0.00230. The lowest BCUT2D eigenvalue weighted by atomic mass is 9.74. The third kappa shape index (κ3) is 3.29. The molecular weight excluding hydrogens is 272 g/mol. The van der Waals surface area contributed by atoms with Crippen molar-refractivity contribution >= 4 is 17.5 Å². The number of methoxy groups -OCH3 is 1. The van der Waals surface area contributed by atoms with E-state index in [0.717, 1.165) is 5.56 Å². The van der Waals surface area contributed by atoms with Gasteiger partial charge in [0.1, 0.15) is 17.5 Å². The minimum Gasteiger partial charge on any atom is -0.497 e. The fraction of sp³-hybridized carbons (Fsp3) is 0.438. The summed E-state index contributed by atoms with van der Waals surface area (Å²) in [6, 6.07) is 7.06. The van der Waals surface area contributed by atoms with E-state index in [1.807, 2.05) is 0 Å². The summed E-state index contributed by atoms with van der Waals surface area (Å²) in [4.78, 5) is 35.8. The normalized spacial score (nSPS) is 22.0. The Bertz CT molecular complexity index is 546. The molecule has 0 spiro atoms. The number of esters is 1. The molecule has 21 heavy (non-hydrogen) atoms. The summed E-state index contributed by atoms with van der Waals surface area (Å²) in [7, 11) is 1.56. The van der Waals surface area contributed by atoms with Gasteiger partial charge in [0.2, 0.25) is 0 Å². The third-order valence-corrected chi connectivity index (χ3v) is 3.65. The van der Waals surface area contributed by atoms with Crippen LogP contribution in [0, 0.1) is 5.92 Å². The lowest BCUT2D eigenvalue weighted by Gasteiger charge is -2.28. The Hall–Kier alpha value is -2.17. The molecule has 1 aliphatic rings. The first-order valence-corrected chi connectivity index (χ1v) is 6.91. The van der Waals surface area contributed by atoms with Crippen LogP contribution in [0.1, 0.15) is 31.2 Å². The highest BCUT2D eigenvalue weighted by molar-refractivity contribution is 6.11. The molecule has 1 saturated carbocycles. The Morgan fingerprint density at radius 3 is 2.48 bits per heavy atom. The van der Waals surface area contributed by atoms with Crippen LogP contribution in [-0.2, 0) is 19.1 Å². The highest BCUT2D eigenvalue weighted by Gasteiger charge is 2.42. The van der Waals surface area contributed by atoms with E-state index in [1.165, 1.54) is 0 Å². The Labute approximate surface area is 123 Å². The first kappa shape index (κ1) is 15.2. The standard InChI is InChI=1S/C16H18O5/c1-3-21-16(19)15-13(8-11(17)9-14(15)18)10-4-6-12(20-2)7-5-10/h4-7,13,15H,3,8-9H2,1-2H3/t13-,15+/m0/s1. The Balaban J connectivity index is 2.32. The summed E-state index contributed by atoms with van der Waals surface area (Å²) < 4.78 is 10.1. The van der Waals surface area contributed by atoms with E-state index in [1.54, 1.807) is 38.3 Å². The van der Waals surface area contributed by atoms with Crippen molar-refractivity contribution in [2.75, 3.05) is 13.7 Å². The van der Waals surface area contributed by atoms with Crippen molar-refractivity contribution in [1.82, 2.24) is 0 Å². The molecule has 0 aromatic heterocycles. The molecule has 0 saturated heterocycles. The van der Waals surface area contributed by atoms with E-state index < -0.39 is 17.8 Å². The second kappa shape index (κ2) is 6.52. The Morgan fingerprint density at radius 1 is 1.24 bits per heavy atom. The number of carbonyl (C=O) groups excluding carboxylic acids is 3. The molecule has 0 aliphatic heterocycles. The van der Waals surface area contributed by atoms with Crippen LogP contribution in [0.2, 0.25) is 0 Å². The molecule has 0 bridgehead atoms. The summed E-state index contributed by atoms with van der Waals surface area (Å²) in [6.45, 7) is 1.91. The number of carbonyl (C=O) groups is 3. The first-order valence-electron chi connectivity index (χ1n) is 6.91. The summed E-state index contributed by atoms with van der Waals surface area (Å²) >= 11 is 0. The van der Waals surface area contributed by atoms with E-state index in [-0.39, 0.29) is 31.0 Å². The molecule has 5 heteroatoms. The van der Waals surface area contributed by atoms with Gasteiger partial charge in [-0.2, -0.15) is 0 Å². The summed E-state index contributed by atoms with van der Waals surface area (Å²) in [5.41, 5.74) is 0.773. The molecule has 0 radical (unpaired) electrons. The van der Waals surface area contributed by atoms with Crippen LogP contribution in [0.5, 0.6) is 5.75 Å². The fourth-order valence-electron chi connectivity index (χ4n) is 2.65. The van der Waals surface area contributed by atoms with Gasteiger partial charge >= 0.3 is 5.97 Å². The molecule has 1 aromatic rings. The Kier molecular flexibility index (Phi) is 4.73. The van der Waals surface area contributed by atoms with Gasteiger partial charge in [-0.1, -0.05) is 12.1 Å². The smallest absolute Gasteiger partial charge is 0.317 e. The van der Waals surface area contributed by atoms with Gasteiger partial charge in [0, 0.05) is 12.3 Å². The number of rotatable bonds is 4. The van der Waals surface area contributed by atoms with Crippen molar-refractivity contribution < 1.29 is 23.9 Å². The molecule has 0 heterocycles. The number of Topliss-reactive ketones (excluding diaryl/α,β-unsaturated/α-hetero) is 2. The number of benzene rings is 1. The molecular formula is C16H18O5. The Morgan fingerprint density at radius 2 is 1.90 bits per heavy atom. The van der Waals surface area contributed by atoms with Crippen LogP contribution >= 0.6 is 0 Å². The fourth-order valence-corrected chi connectivity index (χ4v) is 2.65. The highest BCUT2D eigenvalue weighted by Crippen LogP contribution is 2.35. The van der Waals surface area contributed by atoms with Gasteiger partial charge in [-0.25, -0.2) is 0 Å². The minimum atomic E-state index is -0.893. The van der Waals surface area contributed by atoms with Crippen LogP contribution in [-0.4, -0.2) is 31.3 Å². The maximum atomic E-state index is 12.1. The van der Waals surface area contributed by atoms with Gasteiger partial charge in [0.05, 0.1) is 20.1 Å². The topological polar surface area (TPSA) is 69.7 Å². The number of ether oxygens (including phenoxy) is 2.